The second-order valence-corrected chi connectivity index (χ2v) is 10.9. The topological polar surface area (TPSA) is 92.0 Å². The Morgan fingerprint density at radius 3 is 1.50 bits per heavy atom. The molecule has 0 aliphatic carbocycles. The maximum absolute atomic E-state index is 12.0. The van der Waals surface area contributed by atoms with Crippen molar-refractivity contribution in [2.75, 3.05) is 24.6 Å². The van der Waals surface area contributed by atoms with Crippen molar-refractivity contribution < 1.29 is 23.7 Å². The van der Waals surface area contributed by atoms with Crippen LogP contribution in [0.15, 0.2) is 84.9 Å². The molecule has 0 saturated heterocycles. The van der Waals surface area contributed by atoms with Gasteiger partial charge in [0.15, 0.2) is 23.0 Å². The van der Waals surface area contributed by atoms with E-state index in [1.54, 1.807) is 0 Å². The monoisotopic (exact) mass is 562 g/mol. The summed E-state index contributed by atoms with van der Waals surface area (Å²) >= 11 is 0. The van der Waals surface area contributed by atoms with E-state index < -0.39 is 5.41 Å². The number of rotatable bonds is 5. The summed E-state index contributed by atoms with van der Waals surface area (Å²) in [6, 6.07) is 27.2. The average Bonchev–Trinajstić information content (AvgIpc) is 3.65. The van der Waals surface area contributed by atoms with Gasteiger partial charge >= 0.3 is 0 Å². The first-order valence-corrected chi connectivity index (χ1v) is 13.7. The van der Waals surface area contributed by atoms with Crippen molar-refractivity contribution in [1.29, 1.82) is 0 Å². The molecular formula is C35H34N2O5. The minimum Gasteiger partial charge on any atom is -0.454 e. The Morgan fingerprint density at radius 2 is 1.02 bits per heavy atom. The smallest absolute Gasteiger partial charge is 0.231 e. The fraction of sp³-hybridized carbons (Fsp3) is 0.171. The molecule has 42 heavy (non-hydrogen) atoms. The number of hydrogen-bond donors (Lipinski definition) is 2. The Morgan fingerprint density at radius 1 is 0.619 bits per heavy atom. The van der Waals surface area contributed by atoms with E-state index in [9.17, 15) is 4.79 Å². The summed E-state index contributed by atoms with van der Waals surface area (Å²) in [4.78, 5) is 12.0. The van der Waals surface area contributed by atoms with Crippen LogP contribution in [-0.4, -0.2) is 19.5 Å². The van der Waals surface area contributed by atoms with Crippen LogP contribution in [0.2, 0.25) is 0 Å². The van der Waals surface area contributed by atoms with Gasteiger partial charge in [0, 0.05) is 16.8 Å². The van der Waals surface area contributed by atoms with Crippen molar-refractivity contribution in [2.24, 2.45) is 5.41 Å². The molecule has 0 fully saturated rings. The predicted molar refractivity (Wildman–Crippen MR) is 168 cm³/mol. The Bertz CT molecular complexity index is 1600. The number of amides is 1. The van der Waals surface area contributed by atoms with Gasteiger partial charge < -0.3 is 30.0 Å². The number of fused-ring (bicyclic) bond motifs is 2. The molecule has 7 heteroatoms. The van der Waals surface area contributed by atoms with E-state index in [2.05, 4.69) is 5.32 Å². The van der Waals surface area contributed by atoms with E-state index in [-0.39, 0.29) is 12.7 Å². The molecule has 4 aromatic rings. The molecule has 3 N–H and O–H groups in total. The zero-order valence-corrected chi connectivity index (χ0v) is 23.9. The molecule has 6 rings (SSSR count). The molecule has 0 aromatic heterocycles. The highest BCUT2D eigenvalue weighted by molar-refractivity contribution is 5.94. The summed E-state index contributed by atoms with van der Waals surface area (Å²) in [5.74, 6) is 3.17. The molecule has 0 unspecified atom stereocenters. The summed E-state index contributed by atoms with van der Waals surface area (Å²) in [5.41, 5.74) is 11.1. The third kappa shape index (κ3) is 7.52. The normalized spacial score (nSPS) is 13.2. The number of nitrogens with two attached hydrogens (primary N) is 1. The largest absolute Gasteiger partial charge is 0.454 e. The van der Waals surface area contributed by atoms with Crippen molar-refractivity contribution in [1.82, 2.24) is 0 Å². The number of nitrogens with one attached hydrogen (secondary N) is 1. The van der Waals surface area contributed by atoms with Gasteiger partial charge in [0.1, 0.15) is 0 Å². The maximum atomic E-state index is 12.0. The molecular weight excluding hydrogens is 528 g/mol. The molecule has 0 atom stereocenters. The highest BCUT2D eigenvalue weighted by atomic mass is 16.7. The number of hydrogen-bond acceptors (Lipinski definition) is 6. The zero-order chi connectivity index (χ0) is 29.5. The van der Waals surface area contributed by atoms with Crippen molar-refractivity contribution in [2.45, 2.75) is 20.8 Å². The summed E-state index contributed by atoms with van der Waals surface area (Å²) < 4.78 is 21.3. The first-order chi connectivity index (χ1) is 20.2. The second kappa shape index (κ2) is 12.6. The van der Waals surface area contributed by atoms with E-state index in [1.807, 2.05) is 130 Å². The fourth-order valence-corrected chi connectivity index (χ4v) is 4.02. The van der Waals surface area contributed by atoms with Crippen molar-refractivity contribution in [3.8, 4) is 23.0 Å². The van der Waals surface area contributed by atoms with Gasteiger partial charge in [-0.2, -0.15) is 0 Å². The third-order valence-corrected chi connectivity index (χ3v) is 6.52. The average molecular weight is 563 g/mol. The van der Waals surface area contributed by atoms with Crippen LogP contribution in [0.4, 0.5) is 11.4 Å². The lowest BCUT2D eigenvalue weighted by atomic mass is 9.95. The van der Waals surface area contributed by atoms with E-state index >= 15 is 0 Å². The summed E-state index contributed by atoms with van der Waals surface area (Å²) in [6.07, 6.45) is 8.11. The van der Waals surface area contributed by atoms with Crippen molar-refractivity contribution in [3.63, 3.8) is 0 Å². The summed E-state index contributed by atoms with van der Waals surface area (Å²) in [7, 11) is 0. The van der Waals surface area contributed by atoms with Crippen LogP contribution in [0, 0.1) is 5.41 Å². The predicted octanol–water partition coefficient (Wildman–Crippen LogP) is 7.74. The third-order valence-electron chi connectivity index (χ3n) is 6.52. The molecule has 2 aliphatic heterocycles. The van der Waals surface area contributed by atoms with E-state index in [0.717, 1.165) is 56.6 Å². The van der Waals surface area contributed by atoms with Crippen LogP contribution in [0.25, 0.3) is 24.3 Å². The molecule has 7 nitrogen and oxygen atoms in total. The Hall–Kier alpha value is -5.17. The van der Waals surface area contributed by atoms with Gasteiger partial charge in [0.2, 0.25) is 19.5 Å². The number of ether oxygens (including phenoxy) is 4. The van der Waals surface area contributed by atoms with Gasteiger partial charge in [-0.05, 0) is 70.8 Å². The quantitative estimate of drug-likeness (QED) is 0.191. The van der Waals surface area contributed by atoms with E-state index in [1.165, 1.54) is 0 Å². The van der Waals surface area contributed by atoms with Gasteiger partial charge in [0.25, 0.3) is 0 Å². The SMILES string of the molecule is CC(C)(C)C(=O)Nc1ccc(/C=C/c2ccc3c(c2)OCO3)cc1.Nc1ccc(/C=C/c2ccc3c(c2)OCO3)cc1. The zero-order valence-electron chi connectivity index (χ0n) is 23.9. The lowest BCUT2D eigenvalue weighted by molar-refractivity contribution is -0.123. The molecule has 4 aromatic carbocycles. The van der Waals surface area contributed by atoms with Crippen molar-refractivity contribution >= 4 is 41.6 Å². The summed E-state index contributed by atoms with van der Waals surface area (Å²) in [6.45, 7) is 6.27. The molecule has 1 amide bonds. The lowest BCUT2D eigenvalue weighted by Gasteiger charge is -2.17. The molecule has 0 radical (unpaired) electrons. The number of benzene rings is 4. The van der Waals surface area contributed by atoms with Crippen LogP contribution in [0.3, 0.4) is 0 Å². The van der Waals surface area contributed by atoms with Crippen LogP contribution < -0.4 is 30.0 Å². The lowest BCUT2D eigenvalue weighted by Crippen LogP contribution is -2.27. The highest BCUT2D eigenvalue weighted by Crippen LogP contribution is 2.34. The Kier molecular flexibility index (Phi) is 8.48. The molecule has 0 saturated carbocycles. The number of carbonyl (C=O) groups excluding carboxylic acids is 1. The van der Waals surface area contributed by atoms with Gasteiger partial charge in [-0.3, -0.25) is 4.79 Å². The van der Waals surface area contributed by atoms with Crippen LogP contribution in [-0.2, 0) is 4.79 Å². The first kappa shape index (κ1) is 28.4. The van der Waals surface area contributed by atoms with Crippen molar-refractivity contribution in [3.05, 3.63) is 107 Å². The second-order valence-electron chi connectivity index (χ2n) is 10.9. The Balaban J connectivity index is 0.000000175. The van der Waals surface area contributed by atoms with Gasteiger partial charge in [-0.25, -0.2) is 0 Å². The van der Waals surface area contributed by atoms with Gasteiger partial charge in [-0.1, -0.05) is 81.5 Å². The molecule has 0 bridgehead atoms. The minimum atomic E-state index is -0.405. The standard InChI is InChI=1S/C20H21NO3.C15H13NO2/c1-20(2,3)19(22)21-16-9-6-14(7-10-16)4-5-15-8-11-17-18(12-15)24-13-23-17;16-13-6-3-11(4-7-13)1-2-12-5-8-14-15(9-12)18-10-17-14/h4-12H,13H2,1-3H3,(H,21,22);1-9H,10,16H2/b5-4+;2-1+. The molecule has 214 valence electrons. The fourth-order valence-electron chi connectivity index (χ4n) is 4.02. The number of anilines is 2. The van der Waals surface area contributed by atoms with E-state index in [0.29, 0.717) is 6.79 Å². The minimum absolute atomic E-state index is 0.00570. The van der Waals surface area contributed by atoms with Gasteiger partial charge in [-0.15, -0.1) is 0 Å². The molecule has 2 heterocycles. The number of nitrogen functional groups attached to an aromatic ring is 1. The maximum Gasteiger partial charge on any atom is 0.231 e. The molecule has 0 spiro atoms. The van der Waals surface area contributed by atoms with Crippen LogP contribution in [0.1, 0.15) is 43.0 Å². The van der Waals surface area contributed by atoms with E-state index in [4.69, 9.17) is 24.7 Å². The first-order valence-electron chi connectivity index (χ1n) is 13.7. The Labute approximate surface area is 246 Å². The van der Waals surface area contributed by atoms with Crippen LogP contribution >= 0.6 is 0 Å². The highest BCUT2D eigenvalue weighted by Gasteiger charge is 2.21. The summed E-state index contributed by atoms with van der Waals surface area (Å²) in [5, 5.41) is 2.92. The van der Waals surface area contributed by atoms with Gasteiger partial charge in [0.05, 0.1) is 0 Å². The molecule has 2 aliphatic rings. The van der Waals surface area contributed by atoms with Crippen LogP contribution in [0.5, 0.6) is 23.0 Å². The number of carbonyl (C=O) groups is 1.